The molecule has 1 fully saturated rings. The highest BCUT2D eigenvalue weighted by molar-refractivity contribution is 5.61. The molecule has 1 N–H and O–H groups in total. The molecule has 2 aromatic heterocycles. The lowest BCUT2D eigenvalue weighted by atomic mass is 9.94. The van der Waals surface area contributed by atoms with Crippen LogP contribution in [0.4, 0.5) is 5.82 Å². The minimum absolute atomic E-state index is 0.558. The number of ether oxygens (including phenoxy) is 1. The largest absolute Gasteiger partial charge is 0.497 e. The van der Waals surface area contributed by atoms with Crippen molar-refractivity contribution in [3.8, 4) is 17.0 Å². The van der Waals surface area contributed by atoms with Crippen molar-refractivity contribution in [1.29, 1.82) is 0 Å². The van der Waals surface area contributed by atoms with Gasteiger partial charge in [0, 0.05) is 36.5 Å². The van der Waals surface area contributed by atoms with E-state index in [-0.39, 0.29) is 0 Å². The molecule has 1 aliphatic rings. The standard InChI is InChI=1S/C19H21N5O/c1-25-16-4-2-3-15(11-16)17-5-6-19(23-22-17)24-9-7-14(8-10-24)18-12-20-13-21-18/h2-6,11-14H,7-10H2,1H3,(H,20,21). The first-order valence-electron chi connectivity index (χ1n) is 8.55. The average Bonchev–Trinajstić information content (AvgIpc) is 3.23. The van der Waals surface area contributed by atoms with E-state index in [4.69, 9.17) is 4.74 Å². The van der Waals surface area contributed by atoms with Crippen LogP contribution in [0.2, 0.25) is 0 Å². The summed E-state index contributed by atoms with van der Waals surface area (Å²) in [5, 5.41) is 8.84. The predicted molar refractivity (Wildman–Crippen MR) is 96.8 cm³/mol. The third kappa shape index (κ3) is 3.33. The molecule has 0 radical (unpaired) electrons. The maximum atomic E-state index is 5.27. The van der Waals surface area contributed by atoms with Gasteiger partial charge in [-0.15, -0.1) is 10.2 Å². The Morgan fingerprint density at radius 3 is 2.68 bits per heavy atom. The Morgan fingerprint density at radius 1 is 1.12 bits per heavy atom. The molecule has 0 atom stereocenters. The highest BCUT2D eigenvalue weighted by atomic mass is 16.5. The number of aromatic amines is 1. The quantitative estimate of drug-likeness (QED) is 0.793. The number of H-pyrrole nitrogens is 1. The summed E-state index contributed by atoms with van der Waals surface area (Å²) in [6.45, 7) is 1.97. The second-order valence-electron chi connectivity index (χ2n) is 6.28. The van der Waals surface area contributed by atoms with Crippen LogP contribution in [0.15, 0.2) is 48.9 Å². The zero-order chi connectivity index (χ0) is 17.1. The van der Waals surface area contributed by atoms with E-state index in [1.54, 1.807) is 13.4 Å². The van der Waals surface area contributed by atoms with Crippen LogP contribution in [-0.4, -0.2) is 40.4 Å². The summed E-state index contributed by atoms with van der Waals surface area (Å²) in [6, 6.07) is 12.0. The van der Waals surface area contributed by atoms with E-state index < -0.39 is 0 Å². The number of aromatic nitrogens is 4. The second-order valence-corrected chi connectivity index (χ2v) is 6.28. The second kappa shape index (κ2) is 6.93. The van der Waals surface area contributed by atoms with Crippen LogP contribution in [0.25, 0.3) is 11.3 Å². The van der Waals surface area contributed by atoms with Gasteiger partial charge < -0.3 is 14.6 Å². The van der Waals surface area contributed by atoms with Crippen LogP contribution < -0.4 is 9.64 Å². The average molecular weight is 335 g/mol. The monoisotopic (exact) mass is 335 g/mol. The molecule has 3 aromatic rings. The van der Waals surface area contributed by atoms with Crippen molar-refractivity contribution < 1.29 is 4.74 Å². The van der Waals surface area contributed by atoms with Crippen molar-refractivity contribution in [2.75, 3.05) is 25.1 Å². The van der Waals surface area contributed by atoms with Crippen LogP contribution in [0.3, 0.4) is 0 Å². The van der Waals surface area contributed by atoms with E-state index in [1.165, 1.54) is 5.69 Å². The summed E-state index contributed by atoms with van der Waals surface area (Å²) in [5.41, 5.74) is 3.10. The Hall–Kier alpha value is -2.89. The lowest BCUT2D eigenvalue weighted by Gasteiger charge is -2.32. The maximum absolute atomic E-state index is 5.27. The molecule has 0 saturated carbocycles. The fourth-order valence-corrected chi connectivity index (χ4v) is 3.34. The van der Waals surface area contributed by atoms with Gasteiger partial charge >= 0.3 is 0 Å². The van der Waals surface area contributed by atoms with Gasteiger partial charge in [0.15, 0.2) is 5.82 Å². The molecule has 3 heterocycles. The van der Waals surface area contributed by atoms with Gasteiger partial charge in [-0.2, -0.15) is 0 Å². The number of rotatable bonds is 4. The summed E-state index contributed by atoms with van der Waals surface area (Å²) in [7, 11) is 1.67. The van der Waals surface area contributed by atoms with Gasteiger partial charge in [-0.25, -0.2) is 4.98 Å². The first-order chi connectivity index (χ1) is 12.3. The van der Waals surface area contributed by atoms with Crippen LogP contribution in [0.5, 0.6) is 5.75 Å². The number of methoxy groups -OCH3 is 1. The molecule has 128 valence electrons. The fourth-order valence-electron chi connectivity index (χ4n) is 3.34. The summed E-state index contributed by atoms with van der Waals surface area (Å²) >= 11 is 0. The van der Waals surface area contributed by atoms with E-state index in [0.717, 1.165) is 48.8 Å². The van der Waals surface area contributed by atoms with Crippen molar-refractivity contribution in [1.82, 2.24) is 20.2 Å². The summed E-state index contributed by atoms with van der Waals surface area (Å²) in [6.07, 6.45) is 5.89. The van der Waals surface area contributed by atoms with Crippen molar-refractivity contribution in [2.24, 2.45) is 0 Å². The fraction of sp³-hybridized carbons (Fsp3) is 0.316. The lowest BCUT2D eigenvalue weighted by Crippen LogP contribution is -2.33. The van der Waals surface area contributed by atoms with Gasteiger partial charge in [0.25, 0.3) is 0 Å². The Morgan fingerprint density at radius 2 is 2.00 bits per heavy atom. The van der Waals surface area contributed by atoms with Crippen LogP contribution in [0.1, 0.15) is 24.5 Å². The number of anilines is 1. The normalized spacial score (nSPS) is 15.3. The summed E-state index contributed by atoms with van der Waals surface area (Å²) in [5.74, 6) is 2.32. The number of imidazole rings is 1. The van der Waals surface area contributed by atoms with E-state index in [2.05, 4.69) is 31.1 Å². The Labute approximate surface area is 146 Å². The van der Waals surface area contributed by atoms with E-state index >= 15 is 0 Å². The van der Waals surface area contributed by atoms with Gasteiger partial charge in [0.05, 0.1) is 19.1 Å². The lowest BCUT2D eigenvalue weighted by molar-refractivity contribution is 0.415. The third-order valence-corrected chi connectivity index (χ3v) is 4.79. The number of nitrogens with zero attached hydrogens (tertiary/aromatic N) is 4. The Balaban J connectivity index is 1.44. The van der Waals surface area contributed by atoms with Crippen LogP contribution in [0, 0.1) is 0 Å². The Kier molecular flexibility index (Phi) is 4.33. The third-order valence-electron chi connectivity index (χ3n) is 4.79. The molecule has 0 spiro atoms. The molecule has 1 aliphatic heterocycles. The predicted octanol–water partition coefficient (Wildman–Crippen LogP) is 3.26. The zero-order valence-electron chi connectivity index (χ0n) is 14.2. The highest BCUT2D eigenvalue weighted by Crippen LogP contribution is 2.29. The smallest absolute Gasteiger partial charge is 0.151 e. The van der Waals surface area contributed by atoms with Gasteiger partial charge in [-0.3, -0.25) is 0 Å². The topological polar surface area (TPSA) is 66.9 Å². The molecule has 1 aromatic carbocycles. The van der Waals surface area contributed by atoms with Crippen molar-refractivity contribution in [3.63, 3.8) is 0 Å². The van der Waals surface area contributed by atoms with E-state index in [1.807, 2.05) is 36.5 Å². The van der Waals surface area contributed by atoms with Crippen molar-refractivity contribution in [2.45, 2.75) is 18.8 Å². The van der Waals surface area contributed by atoms with Gasteiger partial charge in [-0.05, 0) is 37.1 Å². The zero-order valence-corrected chi connectivity index (χ0v) is 14.2. The molecule has 0 amide bonds. The van der Waals surface area contributed by atoms with Crippen molar-refractivity contribution >= 4 is 5.82 Å². The van der Waals surface area contributed by atoms with Crippen molar-refractivity contribution in [3.05, 3.63) is 54.6 Å². The first-order valence-corrected chi connectivity index (χ1v) is 8.55. The number of hydrogen-bond donors (Lipinski definition) is 1. The molecule has 0 bridgehead atoms. The molecule has 6 heteroatoms. The molecule has 6 nitrogen and oxygen atoms in total. The molecular formula is C19H21N5O. The minimum atomic E-state index is 0.558. The van der Waals surface area contributed by atoms with Crippen LogP contribution in [-0.2, 0) is 0 Å². The van der Waals surface area contributed by atoms with E-state index in [0.29, 0.717) is 5.92 Å². The van der Waals surface area contributed by atoms with Crippen LogP contribution >= 0.6 is 0 Å². The van der Waals surface area contributed by atoms with E-state index in [9.17, 15) is 0 Å². The molecular weight excluding hydrogens is 314 g/mol. The maximum Gasteiger partial charge on any atom is 0.151 e. The Bertz CT molecular complexity index is 808. The SMILES string of the molecule is COc1cccc(-c2ccc(N3CCC(c4cnc[nH]4)CC3)nn2)c1. The molecule has 4 rings (SSSR count). The molecule has 1 saturated heterocycles. The molecule has 0 aliphatic carbocycles. The molecule has 25 heavy (non-hydrogen) atoms. The number of piperidine rings is 1. The highest BCUT2D eigenvalue weighted by Gasteiger charge is 2.22. The molecule has 0 unspecified atom stereocenters. The van der Waals surface area contributed by atoms with Gasteiger partial charge in [-0.1, -0.05) is 12.1 Å². The minimum Gasteiger partial charge on any atom is -0.497 e. The summed E-state index contributed by atoms with van der Waals surface area (Å²) in [4.78, 5) is 9.65. The van der Waals surface area contributed by atoms with Gasteiger partial charge in [0.1, 0.15) is 5.75 Å². The number of nitrogens with one attached hydrogen (secondary N) is 1. The number of hydrogen-bond acceptors (Lipinski definition) is 5. The first kappa shape index (κ1) is 15.6. The summed E-state index contributed by atoms with van der Waals surface area (Å²) < 4.78 is 5.27. The number of benzene rings is 1. The van der Waals surface area contributed by atoms with Gasteiger partial charge in [0.2, 0.25) is 0 Å².